The van der Waals surface area contributed by atoms with E-state index in [1.54, 1.807) is 6.34 Å². The van der Waals surface area contributed by atoms with E-state index in [1.165, 1.54) is 0 Å². The average molecular weight is 146 g/mol. The molecule has 5 heteroatoms. The first-order valence-electron chi connectivity index (χ1n) is 2.81. The molecule has 0 bridgehead atoms. The molecule has 0 unspecified atom stereocenters. The van der Waals surface area contributed by atoms with Gasteiger partial charge in [-0.05, 0) is 0 Å². The van der Waals surface area contributed by atoms with Gasteiger partial charge in [0.2, 0.25) is 0 Å². The van der Waals surface area contributed by atoms with E-state index in [4.69, 9.17) is 5.26 Å². The van der Waals surface area contributed by atoms with Crippen LogP contribution in [0.15, 0.2) is 4.99 Å². The van der Waals surface area contributed by atoms with Gasteiger partial charge in [0.05, 0.1) is 12.9 Å². The second-order valence-electron chi connectivity index (χ2n) is 1.57. The van der Waals surface area contributed by atoms with Crippen molar-refractivity contribution in [3.8, 4) is 0 Å². The summed E-state index contributed by atoms with van der Waals surface area (Å²) < 4.78 is 0. The molecule has 1 rings (SSSR count). The van der Waals surface area contributed by atoms with Crippen LogP contribution in [0, 0.1) is 0 Å². The Bertz CT molecular complexity index is 118. The molecule has 0 atom stereocenters. The van der Waals surface area contributed by atoms with Crippen LogP contribution < -0.4 is 5.32 Å². The lowest BCUT2D eigenvalue weighted by Gasteiger charge is -1.76. The lowest BCUT2D eigenvalue weighted by atomic mass is 10.7. The Morgan fingerprint density at radius 3 is 2.60 bits per heavy atom. The van der Waals surface area contributed by atoms with Crippen LogP contribution in [0.2, 0.25) is 0 Å². The van der Waals surface area contributed by atoms with Crippen molar-refractivity contribution in [1.29, 1.82) is 0 Å². The minimum Gasteiger partial charge on any atom is -0.375 e. The molecule has 0 spiro atoms. The zero-order valence-corrected chi connectivity index (χ0v) is 5.70. The third kappa shape index (κ3) is 6.90. The van der Waals surface area contributed by atoms with Crippen LogP contribution >= 0.6 is 0 Å². The summed E-state index contributed by atoms with van der Waals surface area (Å²) in [4.78, 5) is 16.3. The summed E-state index contributed by atoms with van der Waals surface area (Å²) in [5, 5.41) is 10.2. The molecule has 0 fully saturated rings. The molecule has 1 heterocycles. The van der Waals surface area contributed by atoms with Crippen LogP contribution in [-0.4, -0.2) is 30.7 Å². The molecule has 2 N–H and O–H groups in total. The van der Waals surface area contributed by atoms with Gasteiger partial charge in [-0.3, -0.25) is 4.99 Å². The molecular formula is C5H10N2O3. The highest BCUT2D eigenvalue weighted by Gasteiger charge is 1.82. The molecule has 0 aromatic carbocycles. The minimum absolute atomic E-state index is 0.690. The molecule has 0 aliphatic carbocycles. The van der Waals surface area contributed by atoms with Crippen molar-refractivity contribution >= 4 is 12.3 Å². The topological polar surface area (TPSA) is 70.9 Å². The number of hydrogen-bond donors (Lipinski definition) is 2. The molecule has 0 radical (unpaired) electrons. The Morgan fingerprint density at radius 2 is 2.50 bits per heavy atom. The molecule has 0 saturated heterocycles. The van der Waals surface area contributed by atoms with E-state index in [9.17, 15) is 4.79 Å². The first-order valence-corrected chi connectivity index (χ1v) is 2.81. The second-order valence-corrected chi connectivity index (χ2v) is 1.57. The summed E-state index contributed by atoms with van der Waals surface area (Å²) in [5.74, 6) is -0.690. The summed E-state index contributed by atoms with van der Waals surface area (Å²) in [6.07, 6.45) is 1.74. The highest BCUT2D eigenvalue weighted by atomic mass is 17.1. The first kappa shape index (κ1) is 8.90. The number of carbonyl (C=O) groups excluding carboxylic acids is 1. The zero-order valence-electron chi connectivity index (χ0n) is 5.70. The first-order chi connectivity index (χ1) is 4.77. The molecule has 1 aliphatic heterocycles. The maximum atomic E-state index is 9.34. The third-order valence-corrected chi connectivity index (χ3v) is 0.696. The zero-order chi connectivity index (χ0) is 7.82. The van der Waals surface area contributed by atoms with Gasteiger partial charge in [-0.15, -0.1) is 0 Å². The lowest BCUT2D eigenvalue weighted by molar-refractivity contribution is -0.231. The second kappa shape index (κ2) is 6.03. The fourth-order valence-corrected chi connectivity index (χ4v) is 0.323. The van der Waals surface area contributed by atoms with Gasteiger partial charge in [-0.1, -0.05) is 0 Å². The average Bonchev–Trinajstić information content (AvgIpc) is 2.43. The Kier molecular flexibility index (Phi) is 5.36. The van der Waals surface area contributed by atoms with Gasteiger partial charge in [-0.2, -0.15) is 5.26 Å². The van der Waals surface area contributed by atoms with Crippen LogP contribution in [0.25, 0.3) is 0 Å². The number of aliphatic imine (C=N–C) groups is 1. The Morgan fingerprint density at radius 1 is 1.90 bits per heavy atom. The van der Waals surface area contributed by atoms with Gasteiger partial charge < -0.3 is 10.2 Å². The maximum Gasteiger partial charge on any atom is 0.339 e. The van der Waals surface area contributed by atoms with Crippen molar-refractivity contribution < 1.29 is 14.9 Å². The fraction of sp³-hybridized carbons (Fsp3) is 0.600. The molecule has 0 aromatic rings. The standard InChI is InChI=1S/C3H6N2.C2H4O3/c1-2-5-3-4-1;1-2(3)5-4/h3H,1-2H2,(H,4,5);4H,1H3. The number of hydrogen-bond acceptors (Lipinski definition) is 5. The van der Waals surface area contributed by atoms with Gasteiger partial charge in [-0.25, -0.2) is 4.79 Å². The van der Waals surface area contributed by atoms with E-state index >= 15 is 0 Å². The normalized spacial score (nSPS) is 13.0. The minimum atomic E-state index is -0.690. The molecule has 58 valence electrons. The van der Waals surface area contributed by atoms with E-state index in [2.05, 4.69) is 15.2 Å². The molecule has 1 aliphatic rings. The van der Waals surface area contributed by atoms with Gasteiger partial charge in [0, 0.05) is 13.5 Å². The van der Waals surface area contributed by atoms with Gasteiger partial charge in [0.1, 0.15) is 0 Å². The van der Waals surface area contributed by atoms with E-state index in [-0.39, 0.29) is 0 Å². The molecule has 10 heavy (non-hydrogen) atoms. The SMILES string of the molecule is C1=NCCN1.CC(=O)OO. The Balaban J connectivity index is 0.000000162. The largest absolute Gasteiger partial charge is 0.375 e. The van der Waals surface area contributed by atoms with Crippen LogP contribution in [-0.2, 0) is 9.68 Å². The third-order valence-electron chi connectivity index (χ3n) is 0.696. The van der Waals surface area contributed by atoms with Crippen molar-refractivity contribution in [3.05, 3.63) is 0 Å². The summed E-state index contributed by atoms with van der Waals surface area (Å²) in [6, 6.07) is 0. The lowest BCUT2D eigenvalue weighted by Crippen LogP contribution is -2.04. The van der Waals surface area contributed by atoms with Crippen molar-refractivity contribution in [2.45, 2.75) is 6.92 Å². The Hall–Kier alpha value is -1.10. The van der Waals surface area contributed by atoms with Gasteiger partial charge in [0.25, 0.3) is 0 Å². The molecule has 5 nitrogen and oxygen atoms in total. The predicted octanol–water partition coefficient (Wildman–Crippen LogP) is -0.360. The number of nitrogens with one attached hydrogen (secondary N) is 1. The summed E-state index contributed by atoms with van der Waals surface area (Å²) in [6.45, 7) is 3.10. The van der Waals surface area contributed by atoms with Crippen LogP contribution in [0.4, 0.5) is 0 Å². The summed E-state index contributed by atoms with van der Waals surface area (Å²) in [7, 11) is 0. The number of rotatable bonds is 0. The van der Waals surface area contributed by atoms with Crippen LogP contribution in [0.5, 0.6) is 0 Å². The van der Waals surface area contributed by atoms with Crippen molar-refractivity contribution in [3.63, 3.8) is 0 Å². The summed E-state index contributed by atoms with van der Waals surface area (Å²) in [5.41, 5.74) is 0. The van der Waals surface area contributed by atoms with Gasteiger partial charge in [0.15, 0.2) is 0 Å². The maximum absolute atomic E-state index is 9.34. The molecule has 0 amide bonds. The molecule has 0 aromatic heterocycles. The van der Waals surface area contributed by atoms with E-state index in [1.807, 2.05) is 0 Å². The van der Waals surface area contributed by atoms with Crippen molar-refractivity contribution in [2.24, 2.45) is 4.99 Å². The number of nitrogens with zero attached hydrogens (tertiary/aromatic N) is 1. The van der Waals surface area contributed by atoms with E-state index < -0.39 is 5.97 Å². The van der Waals surface area contributed by atoms with E-state index in [0.717, 1.165) is 20.0 Å². The highest BCUT2D eigenvalue weighted by Crippen LogP contribution is 1.68. The molecule has 0 saturated carbocycles. The van der Waals surface area contributed by atoms with Crippen LogP contribution in [0.1, 0.15) is 6.92 Å². The van der Waals surface area contributed by atoms with Gasteiger partial charge >= 0.3 is 5.97 Å². The molecular weight excluding hydrogens is 136 g/mol. The Labute approximate surface area is 58.6 Å². The summed E-state index contributed by atoms with van der Waals surface area (Å²) >= 11 is 0. The van der Waals surface area contributed by atoms with Crippen molar-refractivity contribution in [2.75, 3.05) is 13.1 Å². The monoisotopic (exact) mass is 146 g/mol. The number of carbonyl (C=O) groups is 1. The van der Waals surface area contributed by atoms with E-state index in [0.29, 0.717) is 0 Å². The van der Waals surface area contributed by atoms with Crippen LogP contribution in [0.3, 0.4) is 0 Å². The van der Waals surface area contributed by atoms with Crippen molar-refractivity contribution in [1.82, 2.24) is 5.32 Å². The predicted molar refractivity (Wildman–Crippen MR) is 35.8 cm³/mol. The fourth-order valence-electron chi connectivity index (χ4n) is 0.323. The quantitative estimate of drug-likeness (QED) is 0.361. The smallest absolute Gasteiger partial charge is 0.339 e. The highest BCUT2D eigenvalue weighted by molar-refractivity contribution is 5.64.